The Bertz CT molecular complexity index is 713. The fourth-order valence-corrected chi connectivity index (χ4v) is 3.14. The number of cyclic esters (lactones) is 1. The minimum Gasteiger partial charge on any atom is -0.497 e. The van der Waals surface area contributed by atoms with E-state index >= 15 is 0 Å². The van der Waals surface area contributed by atoms with Crippen LogP contribution < -0.4 is 4.74 Å². The number of benzene rings is 1. The van der Waals surface area contributed by atoms with Crippen molar-refractivity contribution < 1.29 is 23.4 Å². The van der Waals surface area contributed by atoms with Gasteiger partial charge in [-0.3, -0.25) is 0 Å². The number of hydrogen-bond acceptors (Lipinski definition) is 5. The van der Waals surface area contributed by atoms with Crippen LogP contribution in [0.5, 0.6) is 5.75 Å². The first kappa shape index (κ1) is 13.4. The second-order valence-corrected chi connectivity index (χ2v) is 5.41. The van der Waals surface area contributed by atoms with E-state index in [9.17, 15) is 4.79 Å². The van der Waals surface area contributed by atoms with Gasteiger partial charge in [0, 0.05) is 17.5 Å². The minimum atomic E-state index is -0.328. The topological polar surface area (TPSA) is 57.9 Å². The first-order valence-corrected chi connectivity index (χ1v) is 7.36. The van der Waals surface area contributed by atoms with Gasteiger partial charge in [0.05, 0.1) is 19.8 Å². The number of carbonyl (C=O) groups is 1. The van der Waals surface area contributed by atoms with Gasteiger partial charge in [-0.1, -0.05) is 0 Å². The van der Waals surface area contributed by atoms with Crippen molar-refractivity contribution in [3.05, 3.63) is 41.2 Å². The number of carbonyl (C=O) groups excluding carboxylic acids is 1. The van der Waals surface area contributed by atoms with Gasteiger partial charge < -0.3 is 18.6 Å². The Labute approximate surface area is 127 Å². The summed E-state index contributed by atoms with van der Waals surface area (Å²) in [7, 11) is 1.62. The second kappa shape index (κ2) is 5.18. The van der Waals surface area contributed by atoms with Crippen LogP contribution in [0, 0.1) is 0 Å². The van der Waals surface area contributed by atoms with Gasteiger partial charge in [0.1, 0.15) is 29.4 Å². The second-order valence-electron chi connectivity index (χ2n) is 5.41. The molecular formula is C17H16O5. The van der Waals surface area contributed by atoms with E-state index in [4.69, 9.17) is 18.6 Å². The first-order chi connectivity index (χ1) is 10.8. The summed E-state index contributed by atoms with van der Waals surface area (Å²) in [5, 5.41) is 0. The van der Waals surface area contributed by atoms with E-state index < -0.39 is 0 Å². The van der Waals surface area contributed by atoms with Crippen molar-refractivity contribution >= 4 is 5.97 Å². The molecule has 1 aromatic heterocycles. The van der Waals surface area contributed by atoms with Crippen molar-refractivity contribution in [1.29, 1.82) is 0 Å². The van der Waals surface area contributed by atoms with E-state index in [1.165, 1.54) is 0 Å². The maximum absolute atomic E-state index is 12.4. The standard InChI is InChI=1S/C17H16O5/c1-19-11-4-2-10(3-5-11)16-15-14-12(6-7-13(14)22-16)20-8-9-21-17(15)18/h2-5,12H,6-9H2,1H3. The monoisotopic (exact) mass is 300 g/mol. The van der Waals surface area contributed by atoms with Crippen LogP contribution in [0.1, 0.15) is 34.2 Å². The van der Waals surface area contributed by atoms with Crippen molar-refractivity contribution in [1.82, 2.24) is 0 Å². The quantitative estimate of drug-likeness (QED) is 0.797. The molecule has 1 atom stereocenters. The number of hydrogen-bond donors (Lipinski definition) is 0. The molecule has 22 heavy (non-hydrogen) atoms. The van der Waals surface area contributed by atoms with Crippen molar-refractivity contribution in [3.63, 3.8) is 0 Å². The van der Waals surface area contributed by atoms with Gasteiger partial charge in [0.15, 0.2) is 0 Å². The number of methoxy groups -OCH3 is 1. The van der Waals surface area contributed by atoms with Gasteiger partial charge in [0.25, 0.3) is 0 Å². The van der Waals surface area contributed by atoms with Crippen LogP contribution in [-0.4, -0.2) is 26.3 Å². The Hall–Kier alpha value is -2.27. The van der Waals surface area contributed by atoms with E-state index in [2.05, 4.69) is 0 Å². The summed E-state index contributed by atoms with van der Waals surface area (Å²) < 4.78 is 22.2. The van der Waals surface area contributed by atoms with Crippen molar-refractivity contribution in [2.24, 2.45) is 0 Å². The van der Waals surface area contributed by atoms with E-state index in [1.807, 2.05) is 24.3 Å². The third-order valence-electron chi connectivity index (χ3n) is 4.17. The van der Waals surface area contributed by atoms with Crippen molar-refractivity contribution in [2.75, 3.05) is 20.3 Å². The summed E-state index contributed by atoms with van der Waals surface area (Å²) in [5.41, 5.74) is 2.22. The third-order valence-corrected chi connectivity index (χ3v) is 4.17. The molecule has 2 aromatic rings. The zero-order chi connectivity index (χ0) is 15.1. The normalized spacial score (nSPS) is 20.0. The highest BCUT2D eigenvalue weighted by atomic mass is 16.6. The number of rotatable bonds is 2. The van der Waals surface area contributed by atoms with Gasteiger partial charge in [0.2, 0.25) is 0 Å². The van der Waals surface area contributed by atoms with Crippen LogP contribution in [0.3, 0.4) is 0 Å². The minimum absolute atomic E-state index is 0.0615. The fraction of sp³-hybridized carbons (Fsp3) is 0.353. The lowest BCUT2D eigenvalue weighted by atomic mass is 10.0. The molecule has 5 heteroatoms. The van der Waals surface area contributed by atoms with E-state index in [1.54, 1.807) is 7.11 Å². The average Bonchev–Trinajstić information content (AvgIpc) is 3.08. The number of aryl methyl sites for hydroxylation is 1. The third kappa shape index (κ3) is 2.01. The molecule has 1 aliphatic carbocycles. The Morgan fingerprint density at radius 3 is 2.77 bits per heavy atom. The zero-order valence-electron chi connectivity index (χ0n) is 12.3. The summed E-state index contributed by atoms with van der Waals surface area (Å²) in [6, 6.07) is 7.45. The van der Waals surface area contributed by atoms with Gasteiger partial charge in [-0.15, -0.1) is 0 Å². The summed E-state index contributed by atoms with van der Waals surface area (Å²) in [6.07, 6.45) is 1.59. The van der Waals surface area contributed by atoms with Crippen LogP contribution in [0.25, 0.3) is 11.3 Å². The molecule has 2 heterocycles. The molecule has 2 aliphatic rings. The first-order valence-electron chi connectivity index (χ1n) is 7.36. The zero-order valence-corrected chi connectivity index (χ0v) is 12.3. The van der Waals surface area contributed by atoms with E-state index in [0.29, 0.717) is 17.9 Å². The van der Waals surface area contributed by atoms with Crippen LogP contribution in [0.4, 0.5) is 0 Å². The molecule has 1 unspecified atom stereocenters. The molecule has 0 N–H and O–H groups in total. The predicted octanol–water partition coefficient (Wildman–Crippen LogP) is 3.13. The van der Waals surface area contributed by atoms with Crippen molar-refractivity contribution in [3.8, 4) is 17.1 Å². The number of furan rings is 1. The summed E-state index contributed by atoms with van der Waals surface area (Å²) in [4.78, 5) is 12.4. The molecule has 0 bridgehead atoms. The molecule has 0 saturated heterocycles. The largest absolute Gasteiger partial charge is 0.497 e. The molecule has 1 aliphatic heterocycles. The Balaban J connectivity index is 1.85. The molecule has 114 valence electrons. The smallest absolute Gasteiger partial charge is 0.342 e. The SMILES string of the molecule is COc1ccc(-c2oc3c4c2C(=O)OCCOC4CC3)cc1. The molecule has 0 radical (unpaired) electrons. The van der Waals surface area contributed by atoms with Gasteiger partial charge in [-0.05, 0) is 30.7 Å². The average molecular weight is 300 g/mol. The molecule has 4 rings (SSSR count). The summed E-state index contributed by atoms with van der Waals surface area (Å²) in [6.45, 7) is 0.704. The fourth-order valence-electron chi connectivity index (χ4n) is 3.14. The highest BCUT2D eigenvalue weighted by Gasteiger charge is 2.37. The van der Waals surface area contributed by atoms with Crippen molar-refractivity contribution in [2.45, 2.75) is 18.9 Å². The molecule has 0 saturated carbocycles. The molecule has 0 spiro atoms. The Kier molecular flexibility index (Phi) is 3.15. The molecule has 1 aromatic carbocycles. The maximum atomic E-state index is 12.4. The summed E-state index contributed by atoms with van der Waals surface area (Å²) >= 11 is 0. The van der Waals surface area contributed by atoms with Crippen LogP contribution >= 0.6 is 0 Å². The highest BCUT2D eigenvalue weighted by Crippen LogP contribution is 2.44. The number of ether oxygens (including phenoxy) is 3. The van der Waals surface area contributed by atoms with E-state index in [-0.39, 0.29) is 18.7 Å². The van der Waals surface area contributed by atoms with Crippen LogP contribution in [0.2, 0.25) is 0 Å². The van der Waals surface area contributed by atoms with Gasteiger partial charge in [-0.2, -0.15) is 0 Å². The predicted molar refractivity (Wildman–Crippen MR) is 78.0 cm³/mol. The summed E-state index contributed by atoms with van der Waals surface area (Å²) in [5.74, 6) is 1.83. The molecule has 5 nitrogen and oxygen atoms in total. The Morgan fingerprint density at radius 1 is 1.18 bits per heavy atom. The van der Waals surface area contributed by atoms with Crippen LogP contribution in [-0.2, 0) is 15.9 Å². The van der Waals surface area contributed by atoms with Crippen LogP contribution in [0.15, 0.2) is 28.7 Å². The number of esters is 1. The lowest BCUT2D eigenvalue weighted by molar-refractivity contribution is 0.000120. The lowest BCUT2D eigenvalue weighted by Crippen LogP contribution is -2.18. The molecule has 0 fully saturated rings. The maximum Gasteiger partial charge on any atom is 0.342 e. The lowest BCUT2D eigenvalue weighted by Gasteiger charge is -2.17. The molecular weight excluding hydrogens is 284 g/mol. The Morgan fingerprint density at radius 2 is 2.00 bits per heavy atom. The highest BCUT2D eigenvalue weighted by molar-refractivity contribution is 5.98. The van der Waals surface area contributed by atoms with E-state index in [0.717, 1.165) is 35.5 Å². The van der Waals surface area contributed by atoms with Gasteiger partial charge in [-0.25, -0.2) is 4.79 Å². The molecule has 0 amide bonds. The van der Waals surface area contributed by atoms with Gasteiger partial charge >= 0.3 is 5.97 Å².